The molecule has 9 heteroatoms. The molecule has 286 valence electrons. The molecule has 4 N–H and O–H groups in total. The number of benzene rings is 5. The molecule has 0 radical (unpaired) electrons. The molecule has 1 saturated heterocycles. The average molecular weight is 742 g/mol. The standard InChI is InChI=1S/C46H51N3O6/c50-33-36-20-22-38(23-21-36)43-28-41(32-49(30-34-12-4-1-5-13-34)31-35-14-6-2-7-15-35)54-46(55-43)39-26-24-37(25-27-39)42-17-11-10-16-40(42)29-47-44(51)18-8-3-9-19-45(52)48-53/h1-2,4-7,10-17,20-27,41,43,46,50,53H,3,8-9,18-19,28-33H2,(H,47,51)(H,48,52)/t41-,43+,46+/m1/s1. The van der Waals surface area contributed by atoms with Gasteiger partial charge in [0.05, 0.1) is 18.8 Å². The van der Waals surface area contributed by atoms with Crippen molar-refractivity contribution in [2.45, 2.75) is 83.3 Å². The molecule has 0 aliphatic carbocycles. The van der Waals surface area contributed by atoms with Crippen molar-refractivity contribution < 1.29 is 29.4 Å². The number of ether oxygens (including phenoxy) is 2. The molecule has 1 fully saturated rings. The highest BCUT2D eigenvalue weighted by molar-refractivity contribution is 5.76. The number of rotatable bonds is 18. The Balaban J connectivity index is 1.16. The van der Waals surface area contributed by atoms with Gasteiger partial charge >= 0.3 is 0 Å². The quantitative estimate of drug-likeness (QED) is 0.0407. The largest absolute Gasteiger partial charge is 0.392 e. The number of amides is 2. The maximum atomic E-state index is 12.6. The Morgan fingerprint density at radius 2 is 1.25 bits per heavy atom. The second-order valence-electron chi connectivity index (χ2n) is 14.1. The Kier molecular flexibility index (Phi) is 14.7. The molecule has 1 heterocycles. The van der Waals surface area contributed by atoms with Gasteiger partial charge in [-0.3, -0.25) is 19.7 Å². The number of aliphatic hydroxyl groups excluding tert-OH is 1. The van der Waals surface area contributed by atoms with Crippen LogP contribution < -0.4 is 10.8 Å². The van der Waals surface area contributed by atoms with Gasteiger partial charge in [0, 0.05) is 51.0 Å². The van der Waals surface area contributed by atoms with Crippen molar-refractivity contribution >= 4 is 11.8 Å². The highest BCUT2D eigenvalue weighted by Crippen LogP contribution is 2.39. The van der Waals surface area contributed by atoms with E-state index in [4.69, 9.17) is 14.7 Å². The third kappa shape index (κ3) is 11.9. The number of nitrogens with one attached hydrogen (secondary N) is 2. The molecule has 55 heavy (non-hydrogen) atoms. The lowest BCUT2D eigenvalue weighted by atomic mass is 9.97. The van der Waals surface area contributed by atoms with E-state index in [0.29, 0.717) is 38.8 Å². The lowest BCUT2D eigenvalue weighted by Crippen LogP contribution is -2.39. The van der Waals surface area contributed by atoms with E-state index >= 15 is 0 Å². The van der Waals surface area contributed by atoms with Gasteiger partial charge in [0.15, 0.2) is 6.29 Å². The maximum absolute atomic E-state index is 12.6. The maximum Gasteiger partial charge on any atom is 0.243 e. The second-order valence-corrected chi connectivity index (χ2v) is 14.1. The van der Waals surface area contributed by atoms with Crippen LogP contribution in [0, 0.1) is 0 Å². The average Bonchev–Trinajstić information content (AvgIpc) is 3.23. The Hall–Kier alpha value is -5.16. The van der Waals surface area contributed by atoms with Crippen molar-refractivity contribution in [1.82, 2.24) is 15.7 Å². The fourth-order valence-electron chi connectivity index (χ4n) is 7.05. The normalized spacial score (nSPS) is 16.8. The van der Waals surface area contributed by atoms with Crippen LogP contribution >= 0.6 is 0 Å². The SMILES string of the molecule is O=C(CCCCCC(=O)NCc1ccccc1-c1ccc([C@H]2O[C@@H](CN(Cc3ccccc3)Cc3ccccc3)C[C@@H](c3ccc(CO)cc3)O2)cc1)NO. The molecular weight excluding hydrogens is 691 g/mol. The van der Waals surface area contributed by atoms with Crippen molar-refractivity contribution in [3.8, 4) is 11.1 Å². The predicted molar refractivity (Wildman–Crippen MR) is 212 cm³/mol. The molecule has 0 unspecified atom stereocenters. The van der Waals surface area contributed by atoms with E-state index in [1.54, 1.807) is 5.48 Å². The fourth-order valence-corrected chi connectivity index (χ4v) is 7.05. The third-order valence-electron chi connectivity index (χ3n) is 9.99. The van der Waals surface area contributed by atoms with Crippen molar-refractivity contribution in [3.63, 3.8) is 0 Å². The second kappa shape index (κ2) is 20.5. The molecular formula is C46H51N3O6. The number of carbonyl (C=O) groups excluding carboxylic acids is 2. The lowest BCUT2D eigenvalue weighted by molar-refractivity contribution is -0.253. The first-order valence-electron chi connectivity index (χ1n) is 19.2. The number of carbonyl (C=O) groups is 2. The van der Waals surface area contributed by atoms with Crippen LogP contribution in [0.15, 0.2) is 133 Å². The molecule has 6 rings (SSSR count). The Bertz CT molecular complexity index is 1880. The number of unbranched alkanes of at least 4 members (excludes halogenated alkanes) is 2. The number of nitrogens with zero attached hydrogens (tertiary/aromatic N) is 1. The van der Waals surface area contributed by atoms with E-state index < -0.39 is 12.2 Å². The lowest BCUT2D eigenvalue weighted by Gasteiger charge is -2.38. The van der Waals surface area contributed by atoms with E-state index in [0.717, 1.165) is 52.9 Å². The van der Waals surface area contributed by atoms with E-state index in [2.05, 4.69) is 89.1 Å². The molecule has 3 atom stereocenters. The highest BCUT2D eigenvalue weighted by atomic mass is 16.7. The molecule has 2 amide bonds. The summed E-state index contributed by atoms with van der Waals surface area (Å²) in [4.78, 5) is 26.2. The van der Waals surface area contributed by atoms with Crippen molar-refractivity contribution in [3.05, 3.63) is 167 Å². The van der Waals surface area contributed by atoms with Crippen molar-refractivity contribution in [2.24, 2.45) is 0 Å². The molecule has 0 aromatic heterocycles. The summed E-state index contributed by atoms with van der Waals surface area (Å²) in [5.41, 5.74) is 10.0. The molecule has 1 aliphatic heterocycles. The van der Waals surface area contributed by atoms with Gasteiger partial charge < -0.3 is 19.9 Å². The minimum Gasteiger partial charge on any atom is -0.392 e. The van der Waals surface area contributed by atoms with E-state index in [1.165, 1.54) is 11.1 Å². The number of hydrogen-bond acceptors (Lipinski definition) is 7. The van der Waals surface area contributed by atoms with Gasteiger partial charge in [0.2, 0.25) is 11.8 Å². The zero-order chi connectivity index (χ0) is 38.2. The first kappa shape index (κ1) is 39.5. The van der Waals surface area contributed by atoms with Gasteiger partial charge in [0.1, 0.15) is 0 Å². The van der Waals surface area contributed by atoms with Crippen LogP contribution in [0.2, 0.25) is 0 Å². The van der Waals surface area contributed by atoms with Crippen LogP contribution in [0.1, 0.15) is 84.3 Å². The van der Waals surface area contributed by atoms with E-state index in [1.807, 2.05) is 54.6 Å². The topological polar surface area (TPSA) is 120 Å². The Morgan fingerprint density at radius 1 is 0.655 bits per heavy atom. The summed E-state index contributed by atoms with van der Waals surface area (Å²) in [7, 11) is 0. The molecule has 5 aromatic rings. The number of aliphatic hydroxyl groups is 1. The molecule has 5 aromatic carbocycles. The van der Waals surface area contributed by atoms with E-state index in [9.17, 15) is 14.7 Å². The Morgan fingerprint density at radius 3 is 1.89 bits per heavy atom. The van der Waals surface area contributed by atoms with E-state index in [-0.39, 0.29) is 31.1 Å². The Labute approximate surface area is 323 Å². The van der Waals surface area contributed by atoms with Crippen LogP contribution in [0.3, 0.4) is 0 Å². The molecule has 0 saturated carbocycles. The smallest absolute Gasteiger partial charge is 0.243 e. The fraction of sp³-hybridized carbons (Fsp3) is 0.304. The molecule has 0 spiro atoms. The van der Waals surface area contributed by atoms with Crippen LogP contribution in [0.5, 0.6) is 0 Å². The summed E-state index contributed by atoms with van der Waals surface area (Å²) in [6, 6.07) is 45.4. The first-order chi connectivity index (χ1) is 27.0. The summed E-state index contributed by atoms with van der Waals surface area (Å²) in [6.07, 6.45) is 2.44. The van der Waals surface area contributed by atoms with Gasteiger partial charge in [-0.05, 0) is 51.8 Å². The molecule has 9 nitrogen and oxygen atoms in total. The van der Waals surface area contributed by atoms with Gasteiger partial charge in [-0.1, -0.05) is 140 Å². The highest BCUT2D eigenvalue weighted by Gasteiger charge is 2.33. The summed E-state index contributed by atoms with van der Waals surface area (Å²) in [6.45, 7) is 2.69. The minimum atomic E-state index is -0.585. The van der Waals surface area contributed by atoms with Crippen LogP contribution in [-0.4, -0.2) is 39.7 Å². The molecule has 0 bridgehead atoms. The zero-order valence-corrected chi connectivity index (χ0v) is 31.2. The number of hydrogen-bond donors (Lipinski definition) is 4. The predicted octanol–water partition coefficient (Wildman–Crippen LogP) is 8.17. The summed E-state index contributed by atoms with van der Waals surface area (Å²) < 4.78 is 13.5. The zero-order valence-electron chi connectivity index (χ0n) is 31.2. The van der Waals surface area contributed by atoms with Gasteiger partial charge in [-0.2, -0.15) is 0 Å². The number of hydroxylamine groups is 1. The first-order valence-corrected chi connectivity index (χ1v) is 19.2. The summed E-state index contributed by atoms with van der Waals surface area (Å²) in [5, 5.41) is 21.3. The van der Waals surface area contributed by atoms with Crippen molar-refractivity contribution in [2.75, 3.05) is 6.54 Å². The van der Waals surface area contributed by atoms with Crippen LogP contribution in [0.25, 0.3) is 11.1 Å². The van der Waals surface area contributed by atoms with Crippen LogP contribution in [0.4, 0.5) is 0 Å². The summed E-state index contributed by atoms with van der Waals surface area (Å²) in [5.74, 6) is -0.448. The van der Waals surface area contributed by atoms with Crippen molar-refractivity contribution in [1.29, 1.82) is 0 Å². The van der Waals surface area contributed by atoms with Gasteiger partial charge in [-0.15, -0.1) is 0 Å². The monoisotopic (exact) mass is 741 g/mol. The summed E-state index contributed by atoms with van der Waals surface area (Å²) >= 11 is 0. The third-order valence-corrected chi connectivity index (χ3v) is 9.99. The molecule has 1 aliphatic rings. The van der Waals surface area contributed by atoms with Crippen LogP contribution in [-0.2, 0) is 45.3 Å². The van der Waals surface area contributed by atoms with Gasteiger partial charge in [0.25, 0.3) is 0 Å². The minimum absolute atomic E-state index is 0.00893. The van der Waals surface area contributed by atoms with Gasteiger partial charge in [-0.25, -0.2) is 5.48 Å².